The molecule has 1 aliphatic carbocycles. The summed E-state index contributed by atoms with van der Waals surface area (Å²) in [6.45, 7) is 0. The van der Waals surface area contributed by atoms with Gasteiger partial charge in [-0.25, -0.2) is 0 Å². The summed E-state index contributed by atoms with van der Waals surface area (Å²) in [6.07, 6.45) is 3.72. The first kappa shape index (κ1) is 10.6. The topological polar surface area (TPSA) is 12.0 Å². The summed E-state index contributed by atoms with van der Waals surface area (Å²) in [7, 11) is 0. The maximum absolute atomic E-state index is 6.08. The molecule has 14 heavy (non-hydrogen) atoms. The van der Waals surface area contributed by atoms with Crippen molar-refractivity contribution in [1.82, 2.24) is 0 Å². The van der Waals surface area contributed by atoms with Crippen molar-refractivity contribution in [2.24, 2.45) is 0 Å². The molecular formula is C10H10BrCl2N. The van der Waals surface area contributed by atoms with Crippen molar-refractivity contribution < 1.29 is 0 Å². The van der Waals surface area contributed by atoms with E-state index in [9.17, 15) is 0 Å². The van der Waals surface area contributed by atoms with E-state index in [2.05, 4.69) is 21.2 Å². The largest absolute Gasteiger partial charge is 0.380 e. The first-order valence-electron chi connectivity index (χ1n) is 4.58. The number of anilines is 1. The zero-order chi connectivity index (χ0) is 10.1. The van der Waals surface area contributed by atoms with Crippen LogP contribution in [0.2, 0.25) is 10.0 Å². The lowest BCUT2D eigenvalue weighted by molar-refractivity contribution is 0.445. The van der Waals surface area contributed by atoms with E-state index in [0.717, 1.165) is 10.2 Å². The minimum absolute atomic E-state index is 0.547. The third-order valence-corrected chi connectivity index (χ3v) is 3.51. The van der Waals surface area contributed by atoms with Gasteiger partial charge in [-0.15, -0.1) is 0 Å². The molecule has 1 saturated carbocycles. The molecule has 0 radical (unpaired) electrons. The Morgan fingerprint density at radius 1 is 1.21 bits per heavy atom. The standard InChI is InChI=1S/C10H10BrCl2N/c11-6-4-8(12)10(9(13)5-6)14-7-2-1-3-7/h4-5,7,14H,1-3H2. The molecule has 0 saturated heterocycles. The number of benzene rings is 1. The highest BCUT2D eigenvalue weighted by Gasteiger charge is 2.19. The van der Waals surface area contributed by atoms with Gasteiger partial charge in [0.25, 0.3) is 0 Å². The van der Waals surface area contributed by atoms with Crippen LogP contribution in [0.15, 0.2) is 16.6 Å². The smallest absolute Gasteiger partial charge is 0.0721 e. The van der Waals surface area contributed by atoms with Gasteiger partial charge in [0.15, 0.2) is 0 Å². The highest BCUT2D eigenvalue weighted by Crippen LogP contribution is 2.36. The summed E-state index contributed by atoms with van der Waals surface area (Å²) >= 11 is 15.5. The number of rotatable bonds is 2. The zero-order valence-corrected chi connectivity index (χ0v) is 10.6. The number of halogens is 3. The zero-order valence-electron chi connectivity index (χ0n) is 7.49. The van der Waals surface area contributed by atoms with Crippen LogP contribution < -0.4 is 5.32 Å². The van der Waals surface area contributed by atoms with E-state index >= 15 is 0 Å². The second-order valence-electron chi connectivity index (χ2n) is 3.52. The first-order chi connectivity index (χ1) is 6.66. The van der Waals surface area contributed by atoms with Crippen molar-refractivity contribution >= 4 is 44.8 Å². The molecule has 1 fully saturated rings. The Hall–Kier alpha value is 0.0800. The maximum atomic E-state index is 6.08. The summed E-state index contributed by atoms with van der Waals surface area (Å²) in [5, 5.41) is 4.71. The Bertz CT molecular complexity index is 327. The fourth-order valence-corrected chi connectivity index (χ4v) is 2.75. The second-order valence-corrected chi connectivity index (χ2v) is 5.25. The summed E-state index contributed by atoms with van der Waals surface area (Å²) in [5.74, 6) is 0. The molecular weight excluding hydrogens is 285 g/mol. The van der Waals surface area contributed by atoms with Gasteiger partial charge in [0.2, 0.25) is 0 Å². The molecule has 76 valence electrons. The molecule has 0 spiro atoms. The van der Waals surface area contributed by atoms with E-state index in [4.69, 9.17) is 23.2 Å². The van der Waals surface area contributed by atoms with Crippen LogP contribution in [-0.4, -0.2) is 6.04 Å². The van der Waals surface area contributed by atoms with Gasteiger partial charge >= 0.3 is 0 Å². The van der Waals surface area contributed by atoms with Gasteiger partial charge in [-0.1, -0.05) is 39.1 Å². The van der Waals surface area contributed by atoms with Crippen molar-refractivity contribution in [3.05, 3.63) is 26.7 Å². The van der Waals surface area contributed by atoms with E-state index in [-0.39, 0.29) is 0 Å². The molecule has 1 N–H and O–H groups in total. The third kappa shape index (κ3) is 2.18. The molecule has 1 aromatic carbocycles. The lowest BCUT2D eigenvalue weighted by Crippen LogP contribution is -2.27. The van der Waals surface area contributed by atoms with Gasteiger partial charge in [-0.3, -0.25) is 0 Å². The van der Waals surface area contributed by atoms with Crippen LogP contribution in [-0.2, 0) is 0 Å². The molecule has 0 unspecified atom stereocenters. The summed E-state index contributed by atoms with van der Waals surface area (Å²) in [6, 6.07) is 4.26. The monoisotopic (exact) mass is 293 g/mol. The Morgan fingerprint density at radius 3 is 2.21 bits per heavy atom. The highest BCUT2D eigenvalue weighted by molar-refractivity contribution is 9.10. The molecule has 4 heteroatoms. The normalized spacial score (nSPS) is 16.5. The number of nitrogens with one attached hydrogen (secondary N) is 1. The molecule has 0 bridgehead atoms. The summed E-state index contributed by atoms with van der Waals surface area (Å²) in [5.41, 5.74) is 0.862. The Kier molecular flexibility index (Phi) is 3.25. The minimum atomic E-state index is 0.547. The highest BCUT2D eigenvalue weighted by atomic mass is 79.9. The fourth-order valence-electron chi connectivity index (χ4n) is 1.44. The summed E-state index contributed by atoms with van der Waals surface area (Å²) < 4.78 is 0.909. The lowest BCUT2D eigenvalue weighted by Gasteiger charge is -2.28. The lowest BCUT2D eigenvalue weighted by atomic mass is 9.93. The van der Waals surface area contributed by atoms with Gasteiger partial charge in [0.05, 0.1) is 15.7 Å². The maximum Gasteiger partial charge on any atom is 0.0721 e. The van der Waals surface area contributed by atoms with Crippen LogP contribution in [0.5, 0.6) is 0 Å². The molecule has 0 aliphatic heterocycles. The van der Waals surface area contributed by atoms with Gasteiger partial charge in [-0.05, 0) is 31.4 Å². The van der Waals surface area contributed by atoms with E-state index in [1.165, 1.54) is 19.3 Å². The van der Waals surface area contributed by atoms with E-state index < -0.39 is 0 Å². The molecule has 0 amide bonds. The molecule has 1 aromatic rings. The molecule has 0 atom stereocenters. The molecule has 0 heterocycles. The van der Waals surface area contributed by atoms with Crippen molar-refractivity contribution in [3.63, 3.8) is 0 Å². The van der Waals surface area contributed by atoms with Gasteiger partial charge < -0.3 is 5.32 Å². The van der Waals surface area contributed by atoms with Crippen molar-refractivity contribution in [2.45, 2.75) is 25.3 Å². The van der Waals surface area contributed by atoms with Gasteiger partial charge in [0.1, 0.15) is 0 Å². The second kappa shape index (κ2) is 4.30. The van der Waals surface area contributed by atoms with Crippen LogP contribution in [0.1, 0.15) is 19.3 Å². The predicted molar refractivity (Wildman–Crippen MR) is 65.4 cm³/mol. The molecule has 0 aromatic heterocycles. The number of hydrogen-bond acceptors (Lipinski definition) is 1. The van der Waals surface area contributed by atoms with Crippen LogP contribution in [0.3, 0.4) is 0 Å². The van der Waals surface area contributed by atoms with E-state index in [1.54, 1.807) is 0 Å². The Morgan fingerprint density at radius 2 is 1.79 bits per heavy atom. The third-order valence-electron chi connectivity index (χ3n) is 2.46. The summed E-state index contributed by atoms with van der Waals surface area (Å²) in [4.78, 5) is 0. The van der Waals surface area contributed by atoms with Crippen LogP contribution >= 0.6 is 39.1 Å². The van der Waals surface area contributed by atoms with Crippen LogP contribution in [0.4, 0.5) is 5.69 Å². The Labute approximate surface area is 102 Å². The van der Waals surface area contributed by atoms with Crippen LogP contribution in [0, 0.1) is 0 Å². The van der Waals surface area contributed by atoms with E-state index in [1.807, 2.05) is 12.1 Å². The Balaban J connectivity index is 2.22. The van der Waals surface area contributed by atoms with Gasteiger partial charge in [0, 0.05) is 10.5 Å². The van der Waals surface area contributed by atoms with Crippen molar-refractivity contribution in [3.8, 4) is 0 Å². The van der Waals surface area contributed by atoms with E-state index in [0.29, 0.717) is 16.1 Å². The minimum Gasteiger partial charge on any atom is -0.380 e. The molecule has 1 aliphatic rings. The molecule has 2 rings (SSSR count). The van der Waals surface area contributed by atoms with Gasteiger partial charge in [-0.2, -0.15) is 0 Å². The predicted octanol–water partition coefficient (Wildman–Crippen LogP) is 4.72. The number of hydrogen-bond donors (Lipinski definition) is 1. The first-order valence-corrected chi connectivity index (χ1v) is 6.13. The van der Waals surface area contributed by atoms with Crippen LogP contribution in [0.25, 0.3) is 0 Å². The average Bonchev–Trinajstić information content (AvgIpc) is 1.98. The average molecular weight is 295 g/mol. The fraction of sp³-hybridized carbons (Fsp3) is 0.400. The molecule has 1 nitrogen and oxygen atoms in total. The SMILES string of the molecule is Clc1cc(Br)cc(Cl)c1NC1CCC1. The quantitative estimate of drug-likeness (QED) is 0.832. The van der Waals surface area contributed by atoms with Crippen molar-refractivity contribution in [1.29, 1.82) is 0 Å². The van der Waals surface area contributed by atoms with Crippen molar-refractivity contribution in [2.75, 3.05) is 5.32 Å².